The number of benzene rings is 2. The van der Waals surface area contributed by atoms with E-state index in [0.717, 1.165) is 21.2 Å². The van der Waals surface area contributed by atoms with Gasteiger partial charge >= 0.3 is 5.97 Å². The molecule has 0 saturated heterocycles. The molecule has 0 aliphatic rings. The number of nitrogens with zero attached hydrogens (tertiary/aromatic N) is 1. The fourth-order valence-electron chi connectivity index (χ4n) is 3.13. The third kappa shape index (κ3) is 6.56. The van der Waals surface area contributed by atoms with Crippen LogP contribution in [0.25, 0.3) is 0 Å². The van der Waals surface area contributed by atoms with E-state index in [1.165, 1.54) is 0 Å². The Morgan fingerprint density at radius 1 is 1.07 bits per heavy atom. The Morgan fingerprint density at radius 2 is 1.73 bits per heavy atom. The standard InChI is InChI=1S/C25H30BrNO3/c1-5-29-24(28)25(16-15-19(2)3,17-22-13-9-10-14-23(22)26)20(4)27-30-18-21-11-7-6-8-12-21/h6-15H,5,16-18H2,1-4H3/b27-20+. The lowest BCUT2D eigenvalue weighted by molar-refractivity contribution is -0.151. The van der Waals surface area contributed by atoms with Crippen LogP contribution in [0.3, 0.4) is 0 Å². The predicted octanol–water partition coefficient (Wildman–Crippen LogP) is 6.49. The topological polar surface area (TPSA) is 47.9 Å². The van der Waals surface area contributed by atoms with Gasteiger partial charge in [0.1, 0.15) is 12.0 Å². The van der Waals surface area contributed by atoms with Crippen LogP contribution in [-0.4, -0.2) is 18.3 Å². The van der Waals surface area contributed by atoms with Crippen molar-refractivity contribution in [2.45, 2.75) is 47.1 Å². The fourth-order valence-corrected chi connectivity index (χ4v) is 3.56. The van der Waals surface area contributed by atoms with Crippen molar-refractivity contribution in [2.75, 3.05) is 6.61 Å². The molecule has 0 radical (unpaired) electrons. The highest BCUT2D eigenvalue weighted by molar-refractivity contribution is 9.10. The van der Waals surface area contributed by atoms with Crippen LogP contribution in [-0.2, 0) is 27.4 Å². The van der Waals surface area contributed by atoms with Crippen LogP contribution in [0.15, 0.2) is 75.9 Å². The van der Waals surface area contributed by atoms with Crippen molar-refractivity contribution in [3.63, 3.8) is 0 Å². The van der Waals surface area contributed by atoms with Gasteiger partial charge in [-0.1, -0.05) is 81.3 Å². The second-order valence-electron chi connectivity index (χ2n) is 7.49. The lowest BCUT2D eigenvalue weighted by Crippen LogP contribution is -2.41. The van der Waals surface area contributed by atoms with E-state index in [0.29, 0.717) is 31.8 Å². The van der Waals surface area contributed by atoms with Gasteiger partial charge in [-0.15, -0.1) is 0 Å². The van der Waals surface area contributed by atoms with Gasteiger partial charge in [0.2, 0.25) is 0 Å². The van der Waals surface area contributed by atoms with E-state index in [-0.39, 0.29) is 5.97 Å². The summed E-state index contributed by atoms with van der Waals surface area (Å²) in [6.07, 6.45) is 3.00. The Bertz CT molecular complexity index is 888. The molecule has 0 aromatic heterocycles. The molecule has 5 heteroatoms. The molecule has 0 heterocycles. The van der Waals surface area contributed by atoms with Gasteiger partial charge in [-0.3, -0.25) is 4.79 Å². The van der Waals surface area contributed by atoms with Crippen LogP contribution in [0.2, 0.25) is 0 Å². The molecular formula is C25H30BrNO3. The van der Waals surface area contributed by atoms with Gasteiger partial charge in [0.15, 0.2) is 0 Å². The van der Waals surface area contributed by atoms with Crippen molar-refractivity contribution in [1.29, 1.82) is 0 Å². The molecule has 1 atom stereocenters. The first-order valence-corrected chi connectivity index (χ1v) is 10.9. The maximum atomic E-state index is 13.3. The van der Waals surface area contributed by atoms with Gasteiger partial charge in [-0.25, -0.2) is 0 Å². The number of esters is 1. The number of oxime groups is 1. The molecule has 2 aromatic carbocycles. The number of hydrogen-bond acceptors (Lipinski definition) is 4. The van der Waals surface area contributed by atoms with E-state index in [2.05, 4.69) is 27.2 Å². The van der Waals surface area contributed by atoms with E-state index in [9.17, 15) is 4.79 Å². The minimum atomic E-state index is -0.951. The molecule has 30 heavy (non-hydrogen) atoms. The molecule has 0 aliphatic heterocycles. The molecule has 2 aromatic rings. The summed E-state index contributed by atoms with van der Waals surface area (Å²) in [6, 6.07) is 17.8. The van der Waals surface area contributed by atoms with E-state index >= 15 is 0 Å². The van der Waals surface area contributed by atoms with E-state index in [1.807, 2.05) is 82.3 Å². The van der Waals surface area contributed by atoms with E-state index in [1.54, 1.807) is 0 Å². The van der Waals surface area contributed by atoms with E-state index in [4.69, 9.17) is 9.57 Å². The molecule has 2 rings (SSSR count). The van der Waals surface area contributed by atoms with Crippen LogP contribution in [0, 0.1) is 5.41 Å². The third-order valence-corrected chi connectivity index (χ3v) is 5.72. The maximum absolute atomic E-state index is 13.3. The molecule has 0 amide bonds. The van der Waals surface area contributed by atoms with Crippen LogP contribution < -0.4 is 0 Å². The van der Waals surface area contributed by atoms with Crippen molar-refractivity contribution in [2.24, 2.45) is 10.6 Å². The summed E-state index contributed by atoms with van der Waals surface area (Å²) in [5.74, 6) is -0.289. The number of hydrogen-bond donors (Lipinski definition) is 0. The first-order chi connectivity index (χ1) is 14.4. The van der Waals surface area contributed by atoms with Crippen molar-refractivity contribution in [1.82, 2.24) is 0 Å². The zero-order chi connectivity index (χ0) is 22.0. The summed E-state index contributed by atoms with van der Waals surface area (Å²) in [4.78, 5) is 18.9. The number of halogens is 1. The molecule has 0 aliphatic carbocycles. The Hall–Kier alpha value is -2.40. The van der Waals surface area contributed by atoms with Crippen LogP contribution in [0.1, 0.15) is 45.2 Å². The third-order valence-electron chi connectivity index (χ3n) is 4.94. The van der Waals surface area contributed by atoms with Crippen molar-refractivity contribution < 1.29 is 14.4 Å². The summed E-state index contributed by atoms with van der Waals surface area (Å²) < 4.78 is 6.47. The van der Waals surface area contributed by atoms with Gasteiger partial charge < -0.3 is 9.57 Å². The highest BCUT2D eigenvalue weighted by Crippen LogP contribution is 2.35. The highest BCUT2D eigenvalue weighted by atomic mass is 79.9. The smallest absolute Gasteiger partial charge is 0.318 e. The van der Waals surface area contributed by atoms with Crippen LogP contribution >= 0.6 is 15.9 Å². The van der Waals surface area contributed by atoms with Gasteiger partial charge in [-0.05, 0) is 57.7 Å². The Balaban J connectivity index is 2.41. The molecule has 4 nitrogen and oxygen atoms in total. The normalized spacial score (nSPS) is 13.3. The molecular weight excluding hydrogens is 442 g/mol. The van der Waals surface area contributed by atoms with Crippen LogP contribution in [0.5, 0.6) is 0 Å². The molecule has 0 bridgehead atoms. The molecule has 0 spiro atoms. The minimum Gasteiger partial charge on any atom is -0.465 e. The second kappa shape index (κ2) is 11.7. The molecule has 0 saturated carbocycles. The second-order valence-corrected chi connectivity index (χ2v) is 8.35. The largest absolute Gasteiger partial charge is 0.465 e. The zero-order valence-corrected chi connectivity index (χ0v) is 19.7. The lowest BCUT2D eigenvalue weighted by atomic mass is 9.74. The van der Waals surface area contributed by atoms with Crippen molar-refractivity contribution in [3.8, 4) is 0 Å². The van der Waals surface area contributed by atoms with Crippen molar-refractivity contribution in [3.05, 3.63) is 81.8 Å². The quantitative estimate of drug-likeness (QED) is 0.172. The summed E-state index contributed by atoms with van der Waals surface area (Å²) in [5.41, 5.74) is 2.82. The first kappa shape index (κ1) is 23.9. The summed E-state index contributed by atoms with van der Waals surface area (Å²) in [7, 11) is 0. The zero-order valence-electron chi connectivity index (χ0n) is 18.2. The predicted molar refractivity (Wildman–Crippen MR) is 125 cm³/mol. The fraction of sp³-hybridized carbons (Fsp3) is 0.360. The average Bonchev–Trinajstić information content (AvgIpc) is 2.73. The molecule has 1 unspecified atom stereocenters. The van der Waals surface area contributed by atoms with E-state index < -0.39 is 5.41 Å². The maximum Gasteiger partial charge on any atom is 0.318 e. The molecule has 0 fully saturated rings. The first-order valence-electron chi connectivity index (χ1n) is 10.1. The monoisotopic (exact) mass is 471 g/mol. The number of carbonyl (C=O) groups excluding carboxylic acids is 1. The SMILES string of the molecule is CCOC(=O)C(CC=C(C)C)(Cc1ccccc1Br)/C(C)=N/OCc1ccccc1. The Labute approximate surface area is 188 Å². The Kier molecular flexibility index (Phi) is 9.31. The number of ether oxygens (including phenoxy) is 1. The lowest BCUT2D eigenvalue weighted by Gasteiger charge is -2.31. The van der Waals surface area contributed by atoms with Crippen LogP contribution in [0.4, 0.5) is 0 Å². The van der Waals surface area contributed by atoms with Crippen molar-refractivity contribution >= 4 is 27.6 Å². The Morgan fingerprint density at radius 3 is 2.37 bits per heavy atom. The number of allylic oxidation sites excluding steroid dienone is 2. The highest BCUT2D eigenvalue weighted by Gasteiger charge is 2.43. The molecule has 160 valence electrons. The van der Waals surface area contributed by atoms with Gasteiger partial charge in [0.25, 0.3) is 0 Å². The summed E-state index contributed by atoms with van der Waals surface area (Å²) in [5, 5.41) is 4.37. The average molecular weight is 472 g/mol. The summed E-state index contributed by atoms with van der Waals surface area (Å²) >= 11 is 3.61. The number of carbonyl (C=O) groups is 1. The molecule has 0 N–H and O–H groups in total. The summed E-state index contributed by atoms with van der Waals surface area (Å²) in [6.45, 7) is 8.36. The van der Waals surface area contributed by atoms with Gasteiger partial charge in [0, 0.05) is 4.47 Å². The number of rotatable bonds is 10. The van der Waals surface area contributed by atoms with Gasteiger partial charge in [-0.2, -0.15) is 0 Å². The van der Waals surface area contributed by atoms with Gasteiger partial charge in [0.05, 0.1) is 12.3 Å². The minimum absolute atomic E-state index is 0.289.